The lowest BCUT2D eigenvalue weighted by atomic mass is 9.89. The van der Waals surface area contributed by atoms with Gasteiger partial charge in [0.2, 0.25) is 0 Å². The third kappa shape index (κ3) is 6.12. The van der Waals surface area contributed by atoms with Crippen molar-refractivity contribution in [3.05, 3.63) is 212 Å². The molecule has 284 valence electrons. The molecule has 0 aliphatic carbocycles. The van der Waals surface area contributed by atoms with Gasteiger partial charge in [-0.25, -0.2) is 15.0 Å². The van der Waals surface area contributed by atoms with E-state index >= 15 is 0 Å². The SMILES string of the molecule is c1ccc(-c2ccc(-c3nc(-c4ccc(-c5ccc6oc7ccccc7c6c5)cc4)nc(-c4ccc(-c5c6ccccc6cc6c5ccc5ccccc56)cc4)n3)cc2)cc1. The Kier molecular flexibility index (Phi) is 8.13. The van der Waals surface area contributed by atoms with E-state index in [0.717, 1.165) is 60.9 Å². The predicted molar refractivity (Wildman–Crippen MR) is 252 cm³/mol. The first-order valence-electron chi connectivity index (χ1n) is 20.6. The average molecular weight is 778 g/mol. The minimum atomic E-state index is 0.617. The molecule has 12 rings (SSSR count). The highest BCUT2D eigenvalue weighted by atomic mass is 16.3. The Hall–Kier alpha value is -8.21. The molecular formula is C57H35N3O. The molecule has 61 heavy (non-hydrogen) atoms. The quantitative estimate of drug-likeness (QED) is 0.125. The molecule has 0 atom stereocenters. The minimum Gasteiger partial charge on any atom is -0.456 e. The van der Waals surface area contributed by atoms with E-state index in [1.165, 1.54) is 43.4 Å². The van der Waals surface area contributed by atoms with Gasteiger partial charge in [0.05, 0.1) is 0 Å². The Bertz CT molecular complexity index is 3610. The summed E-state index contributed by atoms with van der Waals surface area (Å²) >= 11 is 0. The van der Waals surface area contributed by atoms with Gasteiger partial charge >= 0.3 is 0 Å². The first-order chi connectivity index (χ1) is 30.2. The summed E-state index contributed by atoms with van der Waals surface area (Å²) in [7, 11) is 0. The maximum Gasteiger partial charge on any atom is 0.164 e. The van der Waals surface area contributed by atoms with E-state index in [1.54, 1.807) is 0 Å². The Morgan fingerprint density at radius 3 is 1.39 bits per heavy atom. The Balaban J connectivity index is 0.956. The number of furan rings is 1. The van der Waals surface area contributed by atoms with Crippen LogP contribution in [-0.4, -0.2) is 15.0 Å². The van der Waals surface area contributed by atoms with Crippen LogP contribution in [0.1, 0.15) is 0 Å². The van der Waals surface area contributed by atoms with E-state index in [2.05, 4.69) is 194 Å². The standard InChI is InChI=1S/C57H35N3O/c1-2-10-36(11-3-1)37-18-24-41(25-19-37)55-58-56(42-26-20-38(21-27-42)44-31-33-53-51(34-44)48-16-8-9-17-52(48)61-53)60-57(59-55)43-28-22-40(23-29-43)54-47-15-7-5-13-45(47)35-50-46-14-6-4-12-39(46)30-32-49(50)54/h1-35H. The van der Waals surface area contributed by atoms with Crippen molar-refractivity contribution in [3.63, 3.8) is 0 Å². The number of nitrogens with zero attached hydrogens (tertiary/aromatic N) is 3. The second-order valence-corrected chi connectivity index (χ2v) is 15.6. The molecule has 0 aliphatic rings. The highest BCUT2D eigenvalue weighted by molar-refractivity contribution is 6.20. The first-order valence-corrected chi connectivity index (χ1v) is 20.6. The first kappa shape index (κ1) is 34.8. The van der Waals surface area contributed by atoms with E-state index in [9.17, 15) is 0 Å². The number of fused-ring (bicyclic) bond motifs is 7. The Morgan fingerprint density at radius 2 is 0.721 bits per heavy atom. The highest BCUT2D eigenvalue weighted by Gasteiger charge is 2.16. The Morgan fingerprint density at radius 1 is 0.246 bits per heavy atom. The van der Waals surface area contributed by atoms with Gasteiger partial charge < -0.3 is 4.42 Å². The summed E-state index contributed by atoms with van der Waals surface area (Å²) in [6.45, 7) is 0. The molecule has 0 spiro atoms. The van der Waals surface area contributed by atoms with Crippen molar-refractivity contribution in [2.75, 3.05) is 0 Å². The molecule has 12 aromatic rings. The molecule has 0 unspecified atom stereocenters. The zero-order chi connectivity index (χ0) is 40.3. The molecule has 4 heteroatoms. The van der Waals surface area contributed by atoms with Crippen LogP contribution < -0.4 is 0 Å². The van der Waals surface area contributed by atoms with Gasteiger partial charge in [-0.3, -0.25) is 0 Å². The summed E-state index contributed by atoms with van der Waals surface area (Å²) in [5, 5.41) is 9.65. The maximum atomic E-state index is 6.10. The molecule has 0 aliphatic heterocycles. The lowest BCUT2D eigenvalue weighted by molar-refractivity contribution is 0.669. The zero-order valence-corrected chi connectivity index (χ0v) is 33.0. The molecule has 0 saturated heterocycles. The summed E-state index contributed by atoms with van der Waals surface area (Å²) in [5.41, 5.74) is 11.4. The Labute approximate surface area is 352 Å². The molecule has 0 fully saturated rings. The smallest absolute Gasteiger partial charge is 0.164 e. The van der Waals surface area contributed by atoms with Crippen molar-refractivity contribution < 1.29 is 4.42 Å². The minimum absolute atomic E-state index is 0.617. The molecule has 2 aromatic heterocycles. The van der Waals surface area contributed by atoms with Crippen molar-refractivity contribution in [1.29, 1.82) is 0 Å². The van der Waals surface area contributed by atoms with Crippen LogP contribution in [0.2, 0.25) is 0 Å². The topological polar surface area (TPSA) is 51.8 Å². The molecular weight excluding hydrogens is 743 g/mol. The van der Waals surface area contributed by atoms with E-state index in [0.29, 0.717) is 17.5 Å². The van der Waals surface area contributed by atoms with Gasteiger partial charge in [0.1, 0.15) is 11.2 Å². The van der Waals surface area contributed by atoms with Gasteiger partial charge in [0.15, 0.2) is 17.5 Å². The molecule has 0 radical (unpaired) electrons. The van der Waals surface area contributed by atoms with Crippen LogP contribution in [-0.2, 0) is 0 Å². The van der Waals surface area contributed by atoms with Crippen molar-refractivity contribution in [2.45, 2.75) is 0 Å². The van der Waals surface area contributed by atoms with Crippen LogP contribution in [0, 0.1) is 0 Å². The van der Waals surface area contributed by atoms with Crippen molar-refractivity contribution in [3.8, 4) is 67.5 Å². The monoisotopic (exact) mass is 777 g/mol. The third-order valence-corrected chi connectivity index (χ3v) is 11.9. The van der Waals surface area contributed by atoms with Gasteiger partial charge in [-0.1, -0.05) is 188 Å². The lowest BCUT2D eigenvalue weighted by Crippen LogP contribution is -2.00. The normalized spacial score (nSPS) is 11.6. The number of rotatable bonds is 6. The van der Waals surface area contributed by atoms with Gasteiger partial charge in [0.25, 0.3) is 0 Å². The summed E-state index contributed by atoms with van der Waals surface area (Å²) in [4.78, 5) is 15.4. The maximum absolute atomic E-state index is 6.10. The second kappa shape index (κ2) is 14.3. The van der Waals surface area contributed by atoms with Crippen molar-refractivity contribution in [2.24, 2.45) is 0 Å². The summed E-state index contributed by atoms with van der Waals surface area (Å²) in [6, 6.07) is 74.8. The molecule has 10 aromatic carbocycles. The molecule has 0 amide bonds. The van der Waals surface area contributed by atoms with Crippen molar-refractivity contribution in [1.82, 2.24) is 15.0 Å². The zero-order valence-electron chi connectivity index (χ0n) is 33.0. The third-order valence-electron chi connectivity index (χ3n) is 11.9. The summed E-state index contributed by atoms with van der Waals surface area (Å²) in [6.07, 6.45) is 0. The fraction of sp³-hybridized carbons (Fsp3) is 0. The molecule has 2 heterocycles. The number of hydrogen-bond donors (Lipinski definition) is 0. The lowest BCUT2D eigenvalue weighted by Gasteiger charge is -2.14. The highest BCUT2D eigenvalue weighted by Crippen LogP contribution is 2.40. The van der Waals surface area contributed by atoms with Crippen LogP contribution >= 0.6 is 0 Å². The average Bonchev–Trinajstić information content (AvgIpc) is 3.72. The van der Waals surface area contributed by atoms with Gasteiger partial charge in [-0.05, 0) is 90.0 Å². The van der Waals surface area contributed by atoms with Gasteiger partial charge in [-0.15, -0.1) is 0 Å². The fourth-order valence-electron chi connectivity index (χ4n) is 8.84. The fourth-order valence-corrected chi connectivity index (χ4v) is 8.84. The van der Waals surface area contributed by atoms with Crippen molar-refractivity contribution >= 4 is 54.3 Å². The van der Waals surface area contributed by atoms with E-state index < -0.39 is 0 Å². The van der Waals surface area contributed by atoms with Crippen LogP contribution in [0.3, 0.4) is 0 Å². The number of para-hydroxylation sites is 1. The largest absolute Gasteiger partial charge is 0.456 e. The van der Waals surface area contributed by atoms with Crippen LogP contribution in [0.5, 0.6) is 0 Å². The summed E-state index contributed by atoms with van der Waals surface area (Å²) < 4.78 is 6.10. The van der Waals surface area contributed by atoms with Crippen LogP contribution in [0.15, 0.2) is 217 Å². The number of aromatic nitrogens is 3. The van der Waals surface area contributed by atoms with E-state index in [4.69, 9.17) is 19.4 Å². The molecule has 4 nitrogen and oxygen atoms in total. The molecule has 0 saturated carbocycles. The van der Waals surface area contributed by atoms with Gasteiger partial charge in [-0.2, -0.15) is 0 Å². The summed E-state index contributed by atoms with van der Waals surface area (Å²) in [5.74, 6) is 1.86. The van der Waals surface area contributed by atoms with Gasteiger partial charge in [0, 0.05) is 27.5 Å². The second-order valence-electron chi connectivity index (χ2n) is 15.6. The molecule has 0 N–H and O–H groups in total. The molecule has 0 bridgehead atoms. The van der Waals surface area contributed by atoms with Crippen LogP contribution in [0.4, 0.5) is 0 Å². The predicted octanol–water partition coefficient (Wildman–Crippen LogP) is 15.2. The number of hydrogen-bond acceptors (Lipinski definition) is 4. The number of benzene rings is 10. The van der Waals surface area contributed by atoms with Crippen LogP contribution in [0.25, 0.3) is 122 Å². The van der Waals surface area contributed by atoms with E-state index in [-0.39, 0.29) is 0 Å². The van der Waals surface area contributed by atoms with E-state index in [1.807, 2.05) is 18.2 Å².